The zero-order valence-corrected chi connectivity index (χ0v) is 19.2. The summed E-state index contributed by atoms with van der Waals surface area (Å²) in [7, 11) is 0. The van der Waals surface area contributed by atoms with Crippen LogP contribution in [0.25, 0.3) is 0 Å². The molecule has 2 saturated heterocycles. The predicted octanol–water partition coefficient (Wildman–Crippen LogP) is 4.62. The van der Waals surface area contributed by atoms with E-state index in [4.69, 9.17) is 16.3 Å². The largest absolute Gasteiger partial charge is 0.462 e. The lowest BCUT2D eigenvalue weighted by molar-refractivity contribution is -0.116. The van der Waals surface area contributed by atoms with Crippen LogP contribution in [0.2, 0.25) is 5.02 Å². The Hall–Kier alpha value is -2.71. The zero-order valence-electron chi connectivity index (χ0n) is 17.7. The number of hydrogen-bond acceptors (Lipinski definition) is 5. The molecule has 2 fully saturated rings. The van der Waals surface area contributed by atoms with E-state index >= 15 is 0 Å². The van der Waals surface area contributed by atoms with Crippen LogP contribution < -0.4 is 10.2 Å². The summed E-state index contributed by atoms with van der Waals surface area (Å²) in [6.45, 7) is 3.14. The minimum atomic E-state index is -0.388. The van der Waals surface area contributed by atoms with Gasteiger partial charge in [-0.15, -0.1) is 11.8 Å². The van der Waals surface area contributed by atoms with Crippen LogP contribution in [0.15, 0.2) is 48.5 Å². The minimum Gasteiger partial charge on any atom is -0.462 e. The number of nitrogens with one attached hydrogen (secondary N) is 1. The third-order valence-corrected chi connectivity index (χ3v) is 7.46. The van der Waals surface area contributed by atoms with Crippen LogP contribution >= 0.6 is 23.4 Å². The molecule has 2 aliphatic rings. The Morgan fingerprint density at radius 3 is 2.38 bits per heavy atom. The van der Waals surface area contributed by atoms with Gasteiger partial charge in [-0.1, -0.05) is 11.6 Å². The predicted molar refractivity (Wildman–Crippen MR) is 126 cm³/mol. The molecule has 2 aromatic rings. The van der Waals surface area contributed by atoms with Gasteiger partial charge in [0, 0.05) is 29.5 Å². The van der Waals surface area contributed by atoms with Crippen molar-refractivity contribution in [2.75, 3.05) is 35.7 Å². The van der Waals surface area contributed by atoms with Gasteiger partial charge < -0.3 is 15.0 Å². The Bertz CT molecular complexity index is 1000. The van der Waals surface area contributed by atoms with Crippen molar-refractivity contribution in [3.8, 4) is 0 Å². The molecule has 0 saturated carbocycles. The second-order valence-corrected chi connectivity index (χ2v) is 9.43. The number of likely N-dealkylation sites (tertiary alicyclic amines) is 1. The Balaban J connectivity index is 1.38. The summed E-state index contributed by atoms with van der Waals surface area (Å²) in [5, 5.41) is 3.51. The van der Waals surface area contributed by atoms with Crippen molar-refractivity contribution in [3.63, 3.8) is 0 Å². The topological polar surface area (TPSA) is 79.0 Å². The van der Waals surface area contributed by atoms with E-state index in [0.29, 0.717) is 54.6 Å². The number of ether oxygens (including phenoxy) is 1. The molecule has 3 amide bonds. The van der Waals surface area contributed by atoms with Gasteiger partial charge >= 0.3 is 12.0 Å². The summed E-state index contributed by atoms with van der Waals surface area (Å²) >= 11 is 7.66. The quantitative estimate of drug-likeness (QED) is 0.655. The number of amides is 3. The first-order chi connectivity index (χ1) is 15.4. The summed E-state index contributed by atoms with van der Waals surface area (Å²) in [6, 6.07) is 13.7. The monoisotopic (exact) mass is 473 g/mol. The van der Waals surface area contributed by atoms with Gasteiger partial charge in [-0.05, 0) is 68.3 Å². The first-order valence-corrected chi connectivity index (χ1v) is 11.8. The molecule has 2 heterocycles. The van der Waals surface area contributed by atoms with E-state index in [9.17, 15) is 14.4 Å². The lowest BCUT2D eigenvalue weighted by Crippen LogP contribution is -2.53. The Morgan fingerprint density at radius 1 is 1.09 bits per heavy atom. The van der Waals surface area contributed by atoms with Crippen molar-refractivity contribution in [1.29, 1.82) is 0 Å². The van der Waals surface area contributed by atoms with Gasteiger partial charge in [0.1, 0.15) is 0 Å². The molecule has 0 radical (unpaired) electrons. The molecule has 7 nitrogen and oxygen atoms in total. The Labute approximate surface area is 196 Å². The average Bonchev–Trinajstić information content (AvgIpc) is 3.11. The van der Waals surface area contributed by atoms with Crippen LogP contribution in [0.3, 0.4) is 0 Å². The summed E-state index contributed by atoms with van der Waals surface area (Å²) in [5.74, 6) is 0.124. The third kappa shape index (κ3) is 4.56. The highest BCUT2D eigenvalue weighted by Crippen LogP contribution is 2.46. The molecule has 1 N–H and O–H groups in total. The van der Waals surface area contributed by atoms with Crippen molar-refractivity contribution in [2.45, 2.75) is 24.6 Å². The van der Waals surface area contributed by atoms with E-state index in [1.807, 2.05) is 17.0 Å². The van der Waals surface area contributed by atoms with Gasteiger partial charge in [-0.25, -0.2) is 9.59 Å². The number of anilines is 2. The maximum atomic E-state index is 12.8. The molecule has 0 aliphatic carbocycles. The normalized spacial score (nSPS) is 17.5. The fourth-order valence-corrected chi connectivity index (χ4v) is 5.51. The van der Waals surface area contributed by atoms with Gasteiger partial charge in [0.05, 0.1) is 22.8 Å². The van der Waals surface area contributed by atoms with Crippen LogP contribution in [0, 0.1) is 0 Å². The molecule has 0 unspecified atom stereocenters. The van der Waals surface area contributed by atoms with Gasteiger partial charge in [-0.2, -0.15) is 0 Å². The maximum Gasteiger partial charge on any atom is 0.338 e. The first-order valence-electron chi connectivity index (χ1n) is 10.5. The van der Waals surface area contributed by atoms with Crippen LogP contribution in [0.4, 0.5) is 16.2 Å². The number of piperidine rings is 1. The molecular formula is C23H24ClN3O4S. The molecule has 0 aromatic heterocycles. The van der Waals surface area contributed by atoms with Crippen molar-refractivity contribution in [3.05, 3.63) is 59.1 Å². The highest BCUT2D eigenvalue weighted by Gasteiger charge is 2.49. The van der Waals surface area contributed by atoms with E-state index in [0.717, 1.165) is 5.69 Å². The van der Waals surface area contributed by atoms with Gasteiger partial charge in [0.25, 0.3) is 0 Å². The van der Waals surface area contributed by atoms with Crippen molar-refractivity contribution < 1.29 is 19.1 Å². The molecule has 2 aromatic carbocycles. The number of benzene rings is 2. The number of urea groups is 1. The van der Waals surface area contributed by atoms with Gasteiger partial charge in [-0.3, -0.25) is 9.69 Å². The molecule has 0 atom stereocenters. The lowest BCUT2D eigenvalue weighted by Gasteiger charge is -2.43. The fraction of sp³-hybridized carbons (Fsp3) is 0.348. The number of rotatable bonds is 4. The highest BCUT2D eigenvalue weighted by atomic mass is 35.5. The van der Waals surface area contributed by atoms with Crippen molar-refractivity contribution in [2.24, 2.45) is 0 Å². The summed E-state index contributed by atoms with van der Waals surface area (Å²) < 4.78 is 4.97. The SMILES string of the molecule is CCOC(=O)c1ccc(NC(=O)N2CCC3(CC2)SCC(=O)N3c2ccc(Cl)cc2)cc1. The van der Waals surface area contributed by atoms with Crippen LogP contribution in [0.5, 0.6) is 0 Å². The fourth-order valence-electron chi connectivity index (χ4n) is 4.06. The molecule has 9 heteroatoms. The van der Waals surface area contributed by atoms with E-state index < -0.39 is 0 Å². The molecule has 32 heavy (non-hydrogen) atoms. The second-order valence-electron chi connectivity index (χ2n) is 7.66. The summed E-state index contributed by atoms with van der Waals surface area (Å²) in [6.07, 6.45) is 1.36. The lowest BCUT2D eigenvalue weighted by atomic mass is 10.0. The number of esters is 1. The summed E-state index contributed by atoms with van der Waals surface area (Å²) in [5.41, 5.74) is 1.88. The van der Waals surface area contributed by atoms with E-state index in [1.54, 1.807) is 60.0 Å². The number of nitrogens with zero attached hydrogens (tertiary/aromatic N) is 2. The van der Waals surface area contributed by atoms with Gasteiger partial charge in [0.15, 0.2) is 0 Å². The van der Waals surface area contributed by atoms with Crippen molar-refractivity contribution in [1.82, 2.24) is 4.90 Å². The first kappa shape index (κ1) is 22.5. The van der Waals surface area contributed by atoms with E-state index in [-0.39, 0.29) is 22.8 Å². The molecule has 168 valence electrons. The minimum absolute atomic E-state index is 0.0805. The molecular weight excluding hydrogens is 450 g/mol. The molecule has 2 aliphatic heterocycles. The van der Waals surface area contributed by atoms with Gasteiger partial charge in [0.2, 0.25) is 5.91 Å². The standard InChI is InChI=1S/C23H24ClN3O4S/c1-2-31-21(29)16-3-7-18(8-4-16)25-22(30)26-13-11-23(12-14-26)27(20(28)15-32-23)19-9-5-17(24)6-10-19/h3-10H,2,11-15H2,1H3,(H,25,30). The number of carbonyl (C=O) groups is 3. The second kappa shape index (κ2) is 9.42. The number of carbonyl (C=O) groups excluding carboxylic acids is 3. The Morgan fingerprint density at radius 2 is 1.75 bits per heavy atom. The van der Waals surface area contributed by atoms with Crippen molar-refractivity contribution >= 4 is 52.6 Å². The smallest absolute Gasteiger partial charge is 0.338 e. The summed E-state index contributed by atoms with van der Waals surface area (Å²) in [4.78, 5) is 40.5. The maximum absolute atomic E-state index is 12.8. The average molecular weight is 474 g/mol. The Kier molecular flexibility index (Phi) is 6.62. The molecule has 0 bridgehead atoms. The van der Waals surface area contributed by atoms with Crippen LogP contribution in [-0.4, -0.2) is 53.1 Å². The van der Waals surface area contributed by atoms with E-state index in [2.05, 4.69) is 5.32 Å². The number of hydrogen-bond donors (Lipinski definition) is 1. The zero-order chi connectivity index (χ0) is 22.7. The number of thioether (sulfide) groups is 1. The molecule has 1 spiro atoms. The van der Waals surface area contributed by atoms with E-state index in [1.165, 1.54) is 0 Å². The van der Waals surface area contributed by atoms with Crippen LogP contribution in [0.1, 0.15) is 30.1 Å². The third-order valence-electron chi connectivity index (χ3n) is 5.69. The van der Waals surface area contributed by atoms with Crippen LogP contribution in [-0.2, 0) is 9.53 Å². The number of halogens is 1. The molecule has 4 rings (SSSR count). The highest BCUT2D eigenvalue weighted by molar-refractivity contribution is 8.02.